The molecule has 2 aromatic rings. The molecule has 0 aliphatic carbocycles. The molecule has 1 fully saturated rings. The molecular formula is C17H18BF2NO2. The average Bonchev–Trinajstić information content (AvgIpc) is 2.70. The van der Waals surface area contributed by atoms with Gasteiger partial charge in [0.1, 0.15) is 0 Å². The third kappa shape index (κ3) is 2.77. The maximum Gasteiger partial charge on any atom is 0.497 e. The minimum atomic E-state index is -0.909. The normalized spacial score (nSPS) is 19.1. The van der Waals surface area contributed by atoms with Crippen molar-refractivity contribution in [3.8, 4) is 11.3 Å². The zero-order valence-corrected chi connectivity index (χ0v) is 13.6. The number of hydrogen-bond acceptors (Lipinski definition) is 3. The molecular weight excluding hydrogens is 299 g/mol. The molecule has 1 aliphatic heterocycles. The van der Waals surface area contributed by atoms with Crippen molar-refractivity contribution < 1.29 is 18.1 Å². The van der Waals surface area contributed by atoms with E-state index in [1.54, 1.807) is 12.3 Å². The smallest absolute Gasteiger partial charge is 0.399 e. The molecule has 120 valence electrons. The summed E-state index contributed by atoms with van der Waals surface area (Å²) < 4.78 is 38.8. The summed E-state index contributed by atoms with van der Waals surface area (Å²) in [4.78, 5) is 4.31. The summed E-state index contributed by atoms with van der Waals surface area (Å²) in [6.07, 6.45) is 1.60. The Kier molecular flexibility index (Phi) is 3.77. The van der Waals surface area contributed by atoms with Crippen LogP contribution in [0.25, 0.3) is 11.3 Å². The first-order valence-corrected chi connectivity index (χ1v) is 7.47. The summed E-state index contributed by atoms with van der Waals surface area (Å²) in [6.45, 7) is 7.84. The summed E-state index contributed by atoms with van der Waals surface area (Å²) in [6, 6.07) is 7.31. The lowest BCUT2D eigenvalue weighted by Crippen LogP contribution is -2.41. The first-order valence-electron chi connectivity index (χ1n) is 7.47. The molecule has 3 rings (SSSR count). The van der Waals surface area contributed by atoms with Crippen LogP contribution in [0.3, 0.4) is 0 Å². The van der Waals surface area contributed by atoms with Crippen molar-refractivity contribution >= 4 is 12.6 Å². The lowest BCUT2D eigenvalue weighted by atomic mass is 9.76. The van der Waals surface area contributed by atoms with Crippen LogP contribution in [-0.4, -0.2) is 23.3 Å². The maximum atomic E-state index is 13.6. The van der Waals surface area contributed by atoms with Crippen LogP contribution >= 0.6 is 0 Å². The number of halogens is 2. The zero-order chi connectivity index (χ0) is 16.8. The monoisotopic (exact) mass is 317 g/mol. The quantitative estimate of drug-likeness (QED) is 0.796. The second-order valence-electron chi connectivity index (χ2n) is 6.66. The van der Waals surface area contributed by atoms with Gasteiger partial charge in [-0.05, 0) is 52.0 Å². The Labute approximate surface area is 134 Å². The fraction of sp³-hybridized carbons (Fsp3) is 0.353. The van der Waals surface area contributed by atoms with E-state index in [1.807, 2.05) is 33.8 Å². The van der Waals surface area contributed by atoms with Crippen molar-refractivity contribution in [3.63, 3.8) is 0 Å². The van der Waals surface area contributed by atoms with Crippen molar-refractivity contribution in [2.24, 2.45) is 0 Å². The van der Waals surface area contributed by atoms with Crippen molar-refractivity contribution in [3.05, 3.63) is 48.2 Å². The molecule has 3 nitrogen and oxygen atoms in total. The molecule has 0 saturated carbocycles. The van der Waals surface area contributed by atoms with E-state index in [1.165, 1.54) is 6.07 Å². The third-order valence-corrected chi connectivity index (χ3v) is 4.54. The van der Waals surface area contributed by atoms with Gasteiger partial charge in [-0.3, -0.25) is 4.98 Å². The van der Waals surface area contributed by atoms with E-state index >= 15 is 0 Å². The van der Waals surface area contributed by atoms with Crippen molar-refractivity contribution in [1.82, 2.24) is 4.98 Å². The van der Waals surface area contributed by atoms with Gasteiger partial charge in [0.15, 0.2) is 11.6 Å². The highest BCUT2D eigenvalue weighted by molar-refractivity contribution is 6.63. The zero-order valence-electron chi connectivity index (χ0n) is 13.6. The van der Waals surface area contributed by atoms with Crippen LogP contribution in [0.2, 0.25) is 0 Å². The van der Waals surface area contributed by atoms with Gasteiger partial charge < -0.3 is 9.31 Å². The summed E-state index contributed by atoms with van der Waals surface area (Å²) in [5.74, 6) is -1.80. The predicted octanol–water partition coefficient (Wildman–Crippen LogP) is 3.33. The highest BCUT2D eigenvalue weighted by Crippen LogP contribution is 2.37. The van der Waals surface area contributed by atoms with Gasteiger partial charge in [0, 0.05) is 17.2 Å². The van der Waals surface area contributed by atoms with E-state index < -0.39 is 30.0 Å². The molecule has 1 saturated heterocycles. The minimum absolute atomic E-state index is 0.481. The van der Waals surface area contributed by atoms with E-state index in [4.69, 9.17) is 9.31 Å². The van der Waals surface area contributed by atoms with Gasteiger partial charge >= 0.3 is 7.12 Å². The van der Waals surface area contributed by atoms with E-state index in [0.717, 1.165) is 12.1 Å². The summed E-state index contributed by atoms with van der Waals surface area (Å²) >= 11 is 0. The van der Waals surface area contributed by atoms with E-state index in [-0.39, 0.29) is 0 Å². The Morgan fingerprint density at radius 1 is 0.957 bits per heavy atom. The highest BCUT2D eigenvalue weighted by atomic mass is 19.2. The molecule has 23 heavy (non-hydrogen) atoms. The standard InChI is InChI=1S/C17H18BF2NO2/c1-16(2)17(3,4)23-18(22-16)12-6-5-9-21-15(12)11-7-8-13(19)14(20)10-11/h5-10H,1-4H3. The van der Waals surface area contributed by atoms with Crippen LogP contribution < -0.4 is 5.46 Å². The van der Waals surface area contributed by atoms with Gasteiger partial charge in [0.25, 0.3) is 0 Å². The first kappa shape index (κ1) is 16.1. The molecule has 6 heteroatoms. The van der Waals surface area contributed by atoms with E-state index in [0.29, 0.717) is 16.7 Å². The number of pyridine rings is 1. The fourth-order valence-electron chi connectivity index (χ4n) is 2.46. The van der Waals surface area contributed by atoms with Crippen LogP contribution in [0.4, 0.5) is 8.78 Å². The Hall–Kier alpha value is -1.79. The molecule has 2 heterocycles. The van der Waals surface area contributed by atoms with Gasteiger partial charge in [0.05, 0.1) is 16.9 Å². The molecule has 1 aromatic heterocycles. The minimum Gasteiger partial charge on any atom is -0.399 e. The molecule has 0 N–H and O–H groups in total. The highest BCUT2D eigenvalue weighted by Gasteiger charge is 2.52. The Morgan fingerprint density at radius 3 is 2.22 bits per heavy atom. The molecule has 0 spiro atoms. The number of nitrogens with zero attached hydrogens (tertiary/aromatic N) is 1. The lowest BCUT2D eigenvalue weighted by molar-refractivity contribution is 0.00578. The van der Waals surface area contributed by atoms with Gasteiger partial charge in [-0.2, -0.15) is 0 Å². The van der Waals surface area contributed by atoms with Crippen LogP contribution in [0.5, 0.6) is 0 Å². The second kappa shape index (κ2) is 5.39. The van der Waals surface area contributed by atoms with Crippen molar-refractivity contribution in [2.75, 3.05) is 0 Å². The summed E-state index contributed by atoms with van der Waals surface area (Å²) in [7, 11) is -0.614. The van der Waals surface area contributed by atoms with Crippen molar-refractivity contribution in [2.45, 2.75) is 38.9 Å². The Balaban J connectivity index is 2.04. The van der Waals surface area contributed by atoms with Gasteiger partial charge in [-0.15, -0.1) is 0 Å². The number of rotatable bonds is 2. The third-order valence-electron chi connectivity index (χ3n) is 4.54. The van der Waals surface area contributed by atoms with Gasteiger partial charge in [0.2, 0.25) is 0 Å². The summed E-state index contributed by atoms with van der Waals surface area (Å²) in [5, 5.41) is 0. The Morgan fingerprint density at radius 2 is 1.61 bits per heavy atom. The molecule has 0 atom stereocenters. The summed E-state index contributed by atoms with van der Waals surface area (Å²) in [5.41, 5.74) is 0.716. The molecule has 0 unspecified atom stereocenters. The van der Waals surface area contributed by atoms with Crippen LogP contribution in [0.1, 0.15) is 27.7 Å². The number of aromatic nitrogens is 1. The molecule has 1 aliphatic rings. The fourth-order valence-corrected chi connectivity index (χ4v) is 2.46. The number of benzene rings is 1. The average molecular weight is 317 g/mol. The first-order chi connectivity index (χ1) is 10.7. The van der Waals surface area contributed by atoms with E-state index in [2.05, 4.69) is 4.98 Å². The van der Waals surface area contributed by atoms with Gasteiger partial charge in [-0.1, -0.05) is 6.07 Å². The van der Waals surface area contributed by atoms with Crippen LogP contribution in [0.15, 0.2) is 36.5 Å². The molecule has 0 radical (unpaired) electrons. The van der Waals surface area contributed by atoms with Gasteiger partial charge in [-0.25, -0.2) is 8.78 Å². The molecule has 1 aromatic carbocycles. The second-order valence-corrected chi connectivity index (χ2v) is 6.66. The SMILES string of the molecule is CC1(C)OB(c2cccnc2-c2ccc(F)c(F)c2)OC1(C)C. The predicted molar refractivity (Wildman–Crippen MR) is 85.3 cm³/mol. The topological polar surface area (TPSA) is 31.4 Å². The molecule has 0 bridgehead atoms. The Bertz CT molecular complexity index is 733. The molecule has 0 amide bonds. The lowest BCUT2D eigenvalue weighted by Gasteiger charge is -2.32. The van der Waals surface area contributed by atoms with E-state index in [9.17, 15) is 8.78 Å². The van der Waals surface area contributed by atoms with Crippen LogP contribution in [0, 0.1) is 11.6 Å². The largest absolute Gasteiger partial charge is 0.497 e. The van der Waals surface area contributed by atoms with Crippen LogP contribution in [-0.2, 0) is 9.31 Å². The number of hydrogen-bond donors (Lipinski definition) is 0. The maximum absolute atomic E-state index is 13.6. The van der Waals surface area contributed by atoms with Crippen molar-refractivity contribution in [1.29, 1.82) is 0 Å².